The van der Waals surface area contributed by atoms with Crippen LogP contribution in [0.4, 0.5) is 0 Å². The summed E-state index contributed by atoms with van der Waals surface area (Å²) >= 11 is 0. The van der Waals surface area contributed by atoms with Crippen molar-refractivity contribution in [1.29, 1.82) is 0 Å². The minimum atomic E-state index is -0.793. The van der Waals surface area contributed by atoms with E-state index in [2.05, 4.69) is 24.3 Å². The molecule has 0 spiro atoms. The number of nitrogens with one attached hydrogen (secondary N) is 1. The van der Waals surface area contributed by atoms with Gasteiger partial charge in [0.25, 0.3) is 0 Å². The van der Waals surface area contributed by atoms with Crippen LogP contribution in [-0.2, 0) is 4.79 Å². The molecule has 0 aliphatic heterocycles. The normalized spacial score (nSPS) is 19.4. The number of nitrogens with two attached hydrogens (primary N) is 1. The lowest BCUT2D eigenvalue weighted by Gasteiger charge is -2.34. The molecule has 19 heavy (non-hydrogen) atoms. The third-order valence-corrected chi connectivity index (χ3v) is 4.45. The molecule has 0 heterocycles. The monoisotopic (exact) mass is 269 g/mol. The predicted octanol–water partition coefficient (Wildman–Crippen LogP) is 2.24. The number of hydrogen-bond donors (Lipinski definition) is 3. The van der Waals surface area contributed by atoms with Crippen molar-refractivity contribution >= 4 is 11.7 Å². The Balaban J connectivity index is 2.73. The van der Waals surface area contributed by atoms with Crippen molar-refractivity contribution in [2.75, 3.05) is 6.54 Å². The summed E-state index contributed by atoms with van der Waals surface area (Å²) in [4.78, 5) is 12.5. The van der Waals surface area contributed by atoms with Crippen LogP contribution in [0.2, 0.25) is 0 Å². The average molecular weight is 269 g/mol. The van der Waals surface area contributed by atoms with Gasteiger partial charge in [-0.15, -0.1) is 0 Å². The zero-order chi connectivity index (χ0) is 14.3. The number of rotatable bonds is 6. The van der Waals surface area contributed by atoms with E-state index in [9.17, 15) is 4.79 Å². The van der Waals surface area contributed by atoms with E-state index < -0.39 is 5.41 Å². The quantitative estimate of drug-likeness (QED) is 0.299. The second-order valence-electron chi connectivity index (χ2n) is 5.52. The van der Waals surface area contributed by atoms with Crippen molar-refractivity contribution < 1.29 is 10.0 Å². The zero-order valence-corrected chi connectivity index (χ0v) is 12.1. The molecule has 1 rings (SSSR count). The molecular formula is C14H27N3O2. The van der Waals surface area contributed by atoms with Crippen molar-refractivity contribution in [1.82, 2.24) is 5.32 Å². The van der Waals surface area contributed by atoms with Crippen molar-refractivity contribution in [3.63, 3.8) is 0 Å². The molecule has 1 aliphatic rings. The fraction of sp³-hybridized carbons (Fsp3) is 0.857. The summed E-state index contributed by atoms with van der Waals surface area (Å²) in [5.41, 5.74) is 5.00. The second-order valence-corrected chi connectivity index (χ2v) is 5.52. The van der Waals surface area contributed by atoms with E-state index in [-0.39, 0.29) is 11.7 Å². The van der Waals surface area contributed by atoms with Crippen LogP contribution in [0, 0.1) is 11.3 Å². The lowest BCUT2D eigenvalue weighted by molar-refractivity contribution is -0.129. The minimum Gasteiger partial charge on any atom is -0.409 e. The van der Waals surface area contributed by atoms with Gasteiger partial charge in [-0.2, -0.15) is 0 Å². The summed E-state index contributed by atoms with van der Waals surface area (Å²) in [5, 5.41) is 15.1. The van der Waals surface area contributed by atoms with Crippen LogP contribution in [0.1, 0.15) is 58.8 Å². The lowest BCUT2D eigenvalue weighted by atomic mass is 9.72. The Morgan fingerprint density at radius 3 is 2.37 bits per heavy atom. The molecule has 110 valence electrons. The fourth-order valence-electron chi connectivity index (χ4n) is 2.83. The van der Waals surface area contributed by atoms with Crippen molar-refractivity contribution in [2.24, 2.45) is 22.2 Å². The van der Waals surface area contributed by atoms with Gasteiger partial charge in [-0.25, -0.2) is 0 Å². The number of hydrogen-bond acceptors (Lipinski definition) is 3. The highest BCUT2D eigenvalue weighted by molar-refractivity contribution is 6.06. The minimum absolute atomic E-state index is 0.0641. The maximum Gasteiger partial charge on any atom is 0.233 e. The first-order valence-corrected chi connectivity index (χ1v) is 7.37. The van der Waals surface area contributed by atoms with Crippen LogP contribution in [0.3, 0.4) is 0 Å². The van der Waals surface area contributed by atoms with Crippen LogP contribution in [0.5, 0.6) is 0 Å². The molecule has 0 atom stereocenters. The largest absolute Gasteiger partial charge is 0.409 e. The van der Waals surface area contributed by atoms with E-state index in [0.717, 1.165) is 32.1 Å². The SMILES string of the molecule is CCC(CC)CNC(=O)C1(C(N)=NO)CCCCC1. The molecule has 0 bridgehead atoms. The maximum atomic E-state index is 12.5. The molecule has 4 N–H and O–H groups in total. The van der Waals surface area contributed by atoms with Gasteiger partial charge in [0, 0.05) is 6.54 Å². The van der Waals surface area contributed by atoms with Gasteiger partial charge in [0.15, 0.2) is 5.84 Å². The molecule has 0 aromatic heterocycles. The van der Waals surface area contributed by atoms with Crippen molar-refractivity contribution in [3.05, 3.63) is 0 Å². The van der Waals surface area contributed by atoms with E-state index >= 15 is 0 Å². The highest BCUT2D eigenvalue weighted by atomic mass is 16.4. The standard InChI is InChI=1S/C14H27N3O2/c1-3-11(4-2)10-16-13(18)14(12(15)17-19)8-6-5-7-9-14/h11,19H,3-10H2,1-2H3,(H2,15,17)(H,16,18). The van der Waals surface area contributed by atoms with Gasteiger partial charge in [0.1, 0.15) is 5.41 Å². The van der Waals surface area contributed by atoms with E-state index in [0.29, 0.717) is 25.3 Å². The van der Waals surface area contributed by atoms with Crippen molar-refractivity contribution in [3.8, 4) is 0 Å². The predicted molar refractivity (Wildman–Crippen MR) is 76.0 cm³/mol. The molecule has 0 aromatic rings. The first-order chi connectivity index (χ1) is 9.10. The maximum absolute atomic E-state index is 12.5. The van der Waals surface area contributed by atoms with E-state index in [4.69, 9.17) is 10.9 Å². The van der Waals surface area contributed by atoms with E-state index in [1.807, 2.05) is 0 Å². The van der Waals surface area contributed by atoms with Crippen LogP contribution in [-0.4, -0.2) is 23.5 Å². The molecule has 0 radical (unpaired) electrons. The molecule has 1 fully saturated rings. The smallest absolute Gasteiger partial charge is 0.233 e. The van der Waals surface area contributed by atoms with Gasteiger partial charge >= 0.3 is 0 Å². The van der Waals surface area contributed by atoms with E-state index in [1.165, 1.54) is 0 Å². The zero-order valence-electron chi connectivity index (χ0n) is 12.1. The Morgan fingerprint density at radius 1 is 1.32 bits per heavy atom. The summed E-state index contributed by atoms with van der Waals surface area (Å²) in [6.07, 6.45) is 6.47. The second kappa shape index (κ2) is 7.36. The Morgan fingerprint density at radius 2 is 1.89 bits per heavy atom. The van der Waals surface area contributed by atoms with Crippen LogP contribution in [0.15, 0.2) is 5.16 Å². The highest BCUT2D eigenvalue weighted by Crippen LogP contribution is 2.36. The topological polar surface area (TPSA) is 87.7 Å². The van der Waals surface area contributed by atoms with Crippen molar-refractivity contribution in [2.45, 2.75) is 58.8 Å². The Bertz CT molecular complexity index is 319. The number of amidine groups is 1. The summed E-state index contributed by atoms with van der Waals surface area (Å²) in [6.45, 7) is 4.92. The average Bonchev–Trinajstić information content (AvgIpc) is 2.47. The molecule has 0 unspecified atom stereocenters. The van der Waals surface area contributed by atoms with Crippen LogP contribution in [0.25, 0.3) is 0 Å². The first-order valence-electron chi connectivity index (χ1n) is 7.37. The van der Waals surface area contributed by atoms with Gasteiger partial charge in [-0.3, -0.25) is 4.79 Å². The summed E-state index contributed by atoms with van der Waals surface area (Å²) in [7, 11) is 0. The summed E-state index contributed by atoms with van der Waals surface area (Å²) in [5.74, 6) is 0.487. The van der Waals surface area contributed by atoms with E-state index in [1.54, 1.807) is 0 Å². The molecule has 5 nitrogen and oxygen atoms in total. The van der Waals surface area contributed by atoms with Crippen LogP contribution < -0.4 is 11.1 Å². The number of nitrogens with zero attached hydrogens (tertiary/aromatic N) is 1. The van der Waals surface area contributed by atoms with Gasteiger partial charge in [0.05, 0.1) is 0 Å². The van der Waals surface area contributed by atoms with Gasteiger partial charge in [-0.05, 0) is 18.8 Å². The molecule has 1 aliphatic carbocycles. The molecule has 1 saturated carbocycles. The third kappa shape index (κ3) is 3.61. The van der Waals surface area contributed by atoms with Gasteiger partial charge in [-0.1, -0.05) is 51.1 Å². The number of oxime groups is 1. The van der Waals surface area contributed by atoms with Crippen LogP contribution >= 0.6 is 0 Å². The first kappa shape index (κ1) is 15.8. The van der Waals surface area contributed by atoms with Gasteiger partial charge in [0.2, 0.25) is 5.91 Å². The number of carbonyl (C=O) groups is 1. The Hall–Kier alpha value is -1.26. The molecule has 1 amide bonds. The summed E-state index contributed by atoms with van der Waals surface area (Å²) in [6, 6.07) is 0. The molecule has 0 saturated heterocycles. The molecular weight excluding hydrogens is 242 g/mol. The fourth-order valence-corrected chi connectivity index (χ4v) is 2.83. The van der Waals surface area contributed by atoms with Gasteiger partial charge < -0.3 is 16.3 Å². The number of amides is 1. The highest BCUT2D eigenvalue weighted by Gasteiger charge is 2.43. The Kier molecular flexibility index (Phi) is 6.12. The lowest BCUT2D eigenvalue weighted by Crippen LogP contribution is -2.51. The summed E-state index contributed by atoms with van der Waals surface area (Å²) < 4.78 is 0. The third-order valence-electron chi connectivity index (χ3n) is 4.45. The Labute approximate surface area is 115 Å². The number of carbonyl (C=O) groups excluding carboxylic acids is 1. The molecule has 5 heteroatoms. The molecule has 0 aromatic carbocycles.